The number of anilines is 2. The summed E-state index contributed by atoms with van der Waals surface area (Å²) in [4.78, 5) is 26.5. The summed E-state index contributed by atoms with van der Waals surface area (Å²) >= 11 is 5.92. The average Bonchev–Trinajstić information content (AvgIpc) is 2.87. The maximum Gasteiger partial charge on any atom is 0.260 e. The molecule has 3 rings (SSSR count). The molecule has 0 aliphatic carbocycles. The van der Waals surface area contributed by atoms with Gasteiger partial charge in [0.25, 0.3) is 5.91 Å². The summed E-state index contributed by atoms with van der Waals surface area (Å²) in [5.74, 6) is -1.52. The van der Waals surface area contributed by atoms with Crippen LogP contribution in [0.4, 0.5) is 16.0 Å². The first-order valence-electron chi connectivity index (χ1n) is 5.77. The minimum Gasteiger partial charge on any atom is -0.399 e. The van der Waals surface area contributed by atoms with Crippen LogP contribution in [0.25, 0.3) is 11.2 Å². The molecular formula is C12H8ClFN6O. The van der Waals surface area contributed by atoms with Crippen LogP contribution in [0.5, 0.6) is 0 Å². The van der Waals surface area contributed by atoms with Crippen LogP contribution >= 0.6 is 11.6 Å². The van der Waals surface area contributed by atoms with Crippen LogP contribution < -0.4 is 11.1 Å². The van der Waals surface area contributed by atoms with E-state index in [1.807, 2.05) is 0 Å². The second-order valence-electron chi connectivity index (χ2n) is 4.13. The summed E-state index contributed by atoms with van der Waals surface area (Å²) in [6, 6.07) is 3.75. The number of aromatic amines is 1. The standard InChI is InChI=1S/C12H8ClFN6O/c13-9-8-10(17-4-16-8)19-12(18-9)20-11(21)6-2-1-5(15)3-7(6)14/h1-4H,15H2,(H2,16,17,18,19,20,21). The van der Waals surface area contributed by atoms with Gasteiger partial charge in [-0.2, -0.15) is 9.97 Å². The highest BCUT2D eigenvalue weighted by atomic mass is 35.5. The van der Waals surface area contributed by atoms with Gasteiger partial charge in [0.2, 0.25) is 5.95 Å². The van der Waals surface area contributed by atoms with Crippen molar-refractivity contribution in [2.45, 2.75) is 0 Å². The van der Waals surface area contributed by atoms with Crippen molar-refractivity contribution in [3.8, 4) is 0 Å². The molecule has 1 amide bonds. The van der Waals surface area contributed by atoms with Gasteiger partial charge < -0.3 is 10.7 Å². The molecule has 0 spiro atoms. The number of nitrogens with two attached hydrogens (primary N) is 1. The van der Waals surface area contributed by atoms with E-state index in [0.29, 0.717) is 11.2 Å². The van der Waals surface area contributed by atoms with Crippen LogP contribution in [-0.2, 0) is 0 Å². The number of nitrogens with zero attached hydrogens (tertiary/aromatic N) is 3. The summed E-state index contributed by atoms with van der Waals surface area (Å²) in [6.45, 7) is 0. The summed E-state index contributed by atoms with van der Waals surface area (Å²) < 4.78 is 13.7. The number of aromatic nitrogens is 4. The fourth-order valence-electron chi connectivity index (χ4n) is 1.74. The number of carbonyl (C=O) groups excluding carboxylic acids is 1. The van der Waals surface area contributed by atoms with Crippen molar-refractivity contribution in [2.75, 3.05) is 11.1 Å². The molecule has 106 valence electrons. The summed E-state index contributed by atoms with van der Waals surface area (Å²) in [5.41, 5.74) is 6.22. The van der Waals surface area contributed by atoms with E-state index in [-0.39, 0.29) is 22.4 Å². The van der Waals surface area contributed by atoms with Crippen molar-refractivity contribution in [3.05, 3.63) is 41.1 Å². The third-order valence-corrected chi connectivity index (χ3v) is 2.98. The van der Waals surface area contributed by atoms with Gasteiger partial charge in [0.05, 0.1) is 11.9 Å². The van der Waals surface area contributed by atoms with E-state index >= 15 is 0 Å². The van der Waals surface area contributed by atoms with Gasteiger partial charge in [0, 0.05) is 5.69 Å². The number of H-pyrrole nitrogens is 1. The quantitative estimate of drug-likeness (QED) is 0.495. The Morgan fingerprint density at radius 1 is 1.38 bits per heavy atom. The van der Waals surface area contributed by atoms with Crippen molar-refractivity contribution in [1.29, 1.82) is 0 Å². The monoisotopic (exact) mass is 306 g/mol. The topological polar surface area (TPSA) is 110 Å². The van der Waals surface area contributed by atoms with Crippen LogP contribution in [-0.4, -0.2) is 25.8 Å². The number of hydrogen-bond acceptors (Lipinski definition) is 5. The van der Waals surface area contributed by atoms with Gasteiger partial charge in [-0.15, -0.1) is 0 Å². The van der Waals surface area contributed by atoms with Gasteiger partial charge in [-0.3, -0.25) is 10.1 Å². The minimum absolute atomic E-state index is 0.0687. The zero-order valence-corrected chi connectivity index (χ0v) is 11.1. The number of benzene rings is 1. The Morgan fingerprint density at radius 2 is 2.19 bits per heavy atom. The molecule has 0 bridgehead atoms. The SMILES string of the molecule is Nc1ccc(C(=O)Nc2nc(Cl)c3[nH]cnc3n2)c(F)c1. The van der Waals surface area contributed by atoms with Gasteiger partial charge in [0.1, 0.15) is 11.3 Å². The Morgan fingerprint density at radius 3 is 2.95 bits per heavy atom. The van der Waals surface area contributed by atoms with Crippen LogP contribution in [0, 0.1) is 5.82 Å². The molecule has 0 saturated carbocycles. The van der Waals surface area contributed by atoms with Crippen LogP contribution in [0.15, 0.2) is 24.5 Å². The fraction of sp³-hybridized carbons (Fsp3) is 0. The number of imidazole rings is 1. The number of carbonyl (C=O) groups is 1. The molecule has 0 radical (unpaired) electrons. The number of amides is 1. The van der Waals surface area contributed by atoms with E-state index in [2.05, 4.69) is 25.3 Å². The summed E-state index contributed by atoms with van der Waals surface area (Å²) in [6.07, 6.45) is 1.40. The number of nitrogens with one attached hydrogen (secondary N) is 2. The third kappa shape index (κ3) is 2.48. The van der Waals surface area contributed by atoms with Gasteiger partial charge in [-0.25, -0.2) is 9.37 Å². The van der Waals surface area contributed by atoms with E-state index in [0.717, 1.165) is 6.07 Å². The predicted octanol–water partition coefficient (Wildman–Crippen LogP) is 1.98. The lowest BCUT2D eigenvalue weighted by Gasteiger charge is -2.05. The molecule has 1 aromatic carbocycles. The van der Waals surface area contributed by atoms with E-state index in [1.54, 1.807) is 0 Å². The number of nitrogen functional groups attached to an aromatic ring is 1. The summed E-state index contributed by atoms with van der Waals surface area (Å²) in [7, 11) is 0. The molecule has 0 aliphatic rings. The van der Waals surface area contributed by atoms with Crippen LogP contribution in [0.1, 0.15) is 10.4 Å². The molecule has 2 aromatic heterocycles. The van der Waals surface area contributed by atoms with Crippen LogP contribution in [0.2, 0.25) is 5.15 Å². The van der Waals surface area contributed by atoms with E-state index in [4.69, 9.17) is 17.3 Å². The molecule has 0 saturated heterocycles. The van der Waals surface area contributed by atoms with Crippen LogP contribution in [0.3, 0.4) is 0 Å². The smallest absolute Gasteiger partial charge is 0.260 e. The highest BCUT2D eigenvalue weighted by Crippen LogP contribution is 2.19. The van der Waals surface area contributed by atoms with E-state index in [1.165, 1.54) is 18.5 Å². The highest BCUT2D eigenvalue weighted by molar-refractivity contribution is 6.33. The largest absolute Gasteiger partial charge is 0.399 e. The second kappa shape index (κ2) is 4.98. The van der Waals surface area contributed by atoms with E-state index in [9.17, 15) is 9.18 Å². The molecule has 0 atom stereocenters. The van der Waals surface area contributed by atoms with Crippen molar-refractivity contribution >= 4 is 40.3 Å². The molecule has 9 heteroatoms. The van der Waals surface area contributed by atoms with Gasteiger partial charge >= 0.3 is 0 Å². The van der Waals surface area contributed by atoms with Crippen molar-refractivity contribution in [3.63, 3.8) is 0 Å². The van der Waals surface area contributed by atoms with Crippen molar-refractivity contribution < 1.29 is 9.18 Å². The van der Waals surface area contributed by atoms with Gasteiger partial charge in [0.15, 0.2) is 10.8 Å². The number of fused-ring (bicyclic) bond motifs is 1. The number of hydrogen-bond donors (Lipinski definition) is 3. The van der Waals surface area contributed by atoms with Gasteiger partial charge in [-0.05, 0) is 18.2 Å². The Labute approximate surface area is 122 Å². The Hall–Kier alpha value is -2.74. The highest BCUT2D eigenvalue weighted by Gasteiger charge is 2.15. The van der Waals surface area contributed by atoms with Crippen molar-refractivity contribution in [2.24, 2.45) is 0 Å². The zero-order valence-electron chi connectivity index (χ0n) is 10.4. The Balaban J connectivity index is 1.92. The molecule has 0 unspecified atom stereocenters. The predicted molar refractivity (Wildman–Crippen MR) is 75.5 cm³/mol. The second-order valence-corrected chi connectivity index (χ2v) is 4.49. The molecule has 4 N–H and O–H groups in total. The first kappa shape index (κ1) is 13.3. The average molecular weight is 307 g/mol. The van der Waals surface area contributed by atoms with E-state index < -0.39 is 11.7 Å². The molecular weight excluding hydrogens is 299 g/mol. The lowest BCUT2D eigenvalue weighted by molar-refractivity contribution is 0.102. The lowest BCUT2D eigenvalue weighted by Crippen LogP contribution is -2.16. The lowest BCUT2D eigenvalue weighted by atomic mass is 10.2. The minimum atomic E-state index is -0.737. The maximum atomic E-state index is 13.7. The first-order chi connectivity index (χ1) is 10.0. The summed E-state index contributed by atoms with van der Waals surface area (Å²) in [5, 5.41) is 2.46. The molecule has 0 aliphatic heterocycles. The maximum absolute atomic E-state index is 13.7. The van der Waals surface area contributed by atoms with Crippen molar-refractivity contribution in [1.82, 2.24) is 19.9 Å². The molecule has 21 heavy (non-hydrogen) atoms. The molecule has 2 heterocycles. The Kier molecular flexibility index (Phi) is 3.15. The van der Waals surface area contributed by atoms with Gasteiger partial charge in [-0.1, -0.05) is 11.6 Å². The third-order valence-electron chi connectivity index (χ3n) is 2.70. The number of halogens is 2. The molecule has 3 aromatic rings. The first-order valence-corrected chi connectivity index (χ1v) is 6.15. The normalized spacial score (nSPS) is 10.8. The molecule has 7 nitrogen and oxygen atoms in total. The number of rotatable bonds is 2. The Bertz CT molecular complexity index is 849. The molecule has 0 fully saturated rings. The zero-order chi connectivity index (χ0) is 15.0. The fourth-order valence-corrected chi connectivity index (χ4v) is 1.96.